The summed E-state index contributed by atoms with van der Waals surface area (Å²) in [5, 5.41) is 17.2. The maximum atomic E-state index is 11.0. The average Bonchev–Trinajstić information content (AvgIpc) is 2.97. The average molecular weight is 386 g/mol. The maximum Gasteiger partial charge on any atom is 0.306 e. The summed E-state index contributed by atoms with van der Waals surface area (Å²) in [6.45, 7) is 2.91. The van der Waals surface area contributed by atoms with E-state index in [2.05, 4.69) is 34.9 Å². The molecular weight excluding hydrogens is 358 g/mol. The Balaban J connectivity index is 1.32. The van der Waals surface area contributed by atoms with Gasteiger partial charge >= 0.3 is 5.97 Å². The summed E-state index contributed by atoms with van der Waals surface area (Å²) in [7, 11) is 0. The number of rotatable bonds is 5. The van der Waals surface area contributed by atoms with Gasteiger partial charge in [0.05, 0.1) is 11.6 Å². The molecule has 2 heterocycles. The van der Waals surface area contributed by atoms with Gasteiger partial charge in [-0.1, -0.05) is 24.3 Å². The van der Waals surface area contributed by atoms with Gasteiger partial charge in [-0.3, -0.25) is 4.79 Å². The van der Waals surface area contributed by atoms with Crippen LogP contribution in [0.1, 0.15) is 41.8 Å². The van der Waals surface area contributed by atoms with Crippen molar-refractivity contribution in [1.29, 1.82) is 0 Å². The second-order valence-corrected chi connectivity index (χ2v) is 8.69. The van der Waals surface area contributed by atoms with Crippen LogP contribution in [0.2, 0.25) is 0 Å². The minimum atomic E-state index is -0.639. The second-order valence-electron chi connectivity index (χ2n) is 7.60. The summed E-state index contributed by atoms with van der Waals surface area (Å²) in [5.74, 6) is -0.786. The lowest BCUT2D eigenvalue weighted by molar-refractivity contribution is -0.142. The fraction of sp³-hybridized carbons (Fsp3) is 0.524. The Morgan fingerprint density at radius 3 is 2.63 bits per heavy atom. The Kier molecular flexibility index (Phi) is 5.86. The van der Waals surface area contributed by atoms with Gasteiger partial charge in [-0.2, -0.15) is 0 Å². The Morgan fingerprint density at radius 1 is 1.15 bits per heavy atom. The molecule has 1 aliphatic carbocycles. The molecule has 0 radical (unpaired) electrons. The number of thiazole rings is 1. The fourth-order valence-electron chi connectivity index (χ4n) is 4.00. The number of aliphatic carboxylic acids is 1. The zero-order valence-corrected chi connectivity index (χ0v) is 16.4. The Labute approximate surface area is 164 Å². The van der Waals surface area contributed by atoms with Crippen LogP contribution in [-0.2, 0) is 24.2 Å². The number of carboxylic acids is 1. The van der Waals surface area contributed by atoms with Crippen molar-refractivity contribution in [2.75, 3.05) is 13.1 Å². The minimum Gasteiger partial charge on any atom is -0.481 e. The molecule has 0 spiro atoms. The van der Waals surface area contributed by atoms with Gasteiger partial charge in [0.1, 0.15) is 5.01 Å². The first-order chi connectivity index (χ1) is 13.2. The smallest absolute Gasteiger partial charge is 0.306 e. The molecule has 0 bridgehead atoms. The minimum absolute atomic E-state index is 0.147. The van der Waals surface area contributed by atoms with Crippen molar-refractivity contribution in [2.45, 2.75) is 51.1 Å². The van der Waals surface area contributed by atoms with Crippen LogP contribution in [0.3, 0.4) is 0 Å². The highest BCUT2D eigenvalue weighted by Gasteiger charge is 2.25. The number of hydrogen-bond donors (Lipinski definition) is 3. The van der Waals surface area contributed by atoms with Crippen LogP contribution in [0, 0.1) is 5.92 Å². The molecule has 144 valence electrons. The highest BCUT2D eigenvalue weighted by Crippen LogP contribution is 2.30. The monoisotopic (exact) mass is 385 g/mol. The van der Waals surface area contributed by atoms with Crippen LogP contribution in [-0.4, -0.2) is 35.2 Å². The highest BCUT2D eigenvalue weighted by atomic mass is 32.1. The number of nitrogens with one attached hydrogen (secondary N) is 2. The van der Waals surface area contributed by atoms with Crippen molar-refractivity contribution >= 4 is 17.3 Å². The lowest BCUT2D eigenvalue weighted by Gasteiger charge is -2.27. The first kappa shape index (κ1) is 18.6. The lowest BCUT2D eigenvalue weighted by Crippen LogP contribution is -2.34. The Hall–Kier alpha value is -1.76. The number of aromatic nitrogens is 1. The molecule has 1 fully saturated rings. The molecule has 27 heavy (non-hydrogen) atoms. The number of nitrogens with zero attached hydrogens (tertiary/aromatic N) is 1. The first-order valence-corrected chi connectivity index (χ1v) is 10.8. The zero-order chi connectivity index (χ0) is 18.6. The molecule has 6 heteroatoms. The first-order valence-electron chi connectivity index (χ1n) is 9.94. The standard InChI is InChI=1S/C21H27N3O2S/c25-21(26)16-5-7-17(8-6-16)23-13-14-1-3-15(4-2-14)20-24-18-9-11-22-12-10-19(18)27-20/h1-4,16-17,22-23H,5-13H2,(H,25,26). The van der Waals surface area contributed by atoms with Crippen molar-refractivity contribution in [3.63, 3.8) is 0 Å². The molecule has 0 unspecified atom stereocenters. The third-order valence-corrected chi connectivity index (χ3v) is 6.92. The molecular formula is C21H27N3O2S. The molecule has 5 nitrogen and oxygen atoms in total. The van der Waals surface area contributed by atoms with Gasteiger partial charge in [-0.05, 0) is 37.7 Å². The van der Waals surface area contributed by atoms with Gasteiger partial charge in [0.25, 0.3) is 0 Å². The zero-order valence-electron chi connectivity index (χ0n) is 15.5. The Morgan fingerprint density at radius 2 is 1.89 bits per heavy atom. The third-order valence-electron chi connectivity index (χ3n) is 5.72. The van der Waals surface area contributed by atoms with E-state index in [1.165, 1.54) is 21.7 Å². The van der Waals surface area contributed by atoms with Crippen LogP contribution in [0.4, 0.5) is 0 Å². The number of fused-ring (bicyclic) bond motifs is 1. The highest BCUT2D eigenvalue weighted by molar-refractivity contribution is 7.15. The van der Waals surface area contributed by atoms with Crippen molar-refractivity contribution in [2.24, 2.45) is 5.92 Å². The predicted octanol–water partition coefficient (Wildman–Crippen LogP) is 3.23. The fourth-order valence-corrected chi connectivity index (χ4v) is 5.12. The molecule has 0 amide bonds. The summed E-state index contributed by atoms with van der Waals surface area (Å²) in [5.41, 5.74) is 3.73. The van der Waals surface area contributed by atoms with Crippen LogP contribution in [0.5, 0.6) is 0 Å². The van der Waals surface area contributed by atoms with E-state index in [1.807, 2.05) is 11.3 Å². The molecule has 1 aromatic carbocycles. The van der Waals surface area contributed by atoms with E-state index in [-0.39, 0.29) is 5.92 Å². The van der Waals surface area contributed by atoms with E-state index in [0.717, 1.165) is 63.2 Å². The van der Waals surface area contributed by atoms with Gasteiger partial charge in [-0.15, -0.1) is 11.3 Å². The summed E-state index contributed by atoms with van der Waals surface area (Å²) in [6, 6.07) is 9.14. The van der Waals surface area contributed by atoms with E-state index in [1.54, 1.807) is 0 Å². The molecule has 1 saturated carbocycles. The molecule has 2 aliphatic rings. The lowest BCUT2D eigenvalue weighted by atomic mass is 9.86. The number of carboxylic acid groups (broad SMARTS) is 1. The van der Waals surface area contributed by atoms with Crippen molar-refractivity contribution in [1.82, 2.24) is 15.6 Å². The summed E-state index contributed by atoms with van der Waals surface area (Å²) in [6.07, 6.45) is 5.59. The van der Waals surface area contributed by atoms with Crippen molar-refractivity contribution < 1.29 is 9.90 Å². The van der Waals surface area contributed by atoms with Crippen molar-refractivity contribution in [3.8, 4) is 10.6 Å². The van der Waals surface area contributed by atoms with E-state index < -0.39 is 5.97 Å². The van der Waals surface area contributed by atoms with Crippen LogP contribution < -0.4 is 10.6 Å². The third kappa shape index (κ3) is 4.57. The van der Waals surface area contributed by atoms with Crippen LogP contribution in [0.15, 0.2) is 24.3 Å². The molecule has 1 aromatic heterocycles. The van der Waals surface area contributed by atoms with Gasteiger partial charge < -0.3 is 15.7 Å². The SMILES string of the molecule is O=C(O)C1CCC(NCc2ccc(-c3nc4c(s3)CCNCC4)cc2)CC1. The van der Waals surface area contributed by atoms with Crippen LogP contribution in [0.25, 0.3) is 10.6 Å². The summed E-state index contributed by atoms with van der Waals surface area (Å²) >= 11 is 1.83. The number of benzene rings is 1. The topological polar surface area (TPSA) is 74.2 Å². The quantitative estimate of drug-likeness (QED) is 0.737. The summed E-state index contributed by atoms with van der Waals surface area (Å²) in [4.78, 5) is 17.3. The van der Waals surface area contributed by atoms with E-state index in [4.69, 9.17) is 10.1 Å². The van der Waals surface area contributed by atoms with Gasteiger partial charge in [0.2, 0.25) is 0 Å². The van der Waals surface area contributed by atoms with E-state index in [0.29, 0.717) is 6.04 Å². The van der Waals surface area contributed by atoms with Crippen LogP contribution >= 0.6 is 11.3 Å². The molecule has 3 N–H and O–H groups in total. The molecule has 1 aliphatic heterocycles. The maximum absolute atomic E-state index is 11.0. The normalized spacial score (nSPS) is 22.8. The molecule has 4 rings (SSSR count). The second kappa shape index (κ2) is 8.50. The molecule has 0 saturated heterocycles. The predicted molar refractivity (Wildman–Crippen MR) is 108 cm³/mol. The van der Waals surface area contributed by atoms with Gasteiger partial charge in [0.15, 0.2) is 0 Å². The largest absolute Gasteiger partial charge is 0.481 e. The van der Waals surface area contributed by atoms with Crippen molar-refractivity contribution in [3.05, 3.63) is 40.4 Å². The molecule has 0 atom stereocenters. The van der Waals surface area contributed by atoms with E-state index in [9.17, 15) is 4.79 Å². The van der Waals surface area contributed by atoms with E-state index >= 15 is 0 Å². The number of carbonyl (C=O) groups is 1. The summed E-state index contributed by atoms with van der Waals surface area (Å²) < 4.78 is 0. The van der Waals surface area contributed by atoms with Gasteiger partial charge in [-0.25, -0.2) is 4.98 Å². The molecule has 2 aromatic rings. The van der Waals surface area contributed by atoms with Gasteiger partial charge in [0, 0.05) is 42.5 Å². The Bertz CT molecular complexity index is 756. The number of hydrogen-bond acceptors (Lipinski definition) is 5.